The summed E-state index contributed by atoms with van der Waals surface area (Å²) in [5, 5.41) is 10.9. The molecule has 0 atom stereocenters. The summed E-state index contributed by atoms with van der Waals surface area (Å²) < 4.78 is 43.5. The van der Waals surface area contributed by atoms with Crippen LogP contribution in [0.2, 0.25) is 0 Å². The zero-order valence-corrected chi connectivity index (χ0v) is 14.9. The summed E-state index contributed by atoms with van der Waals surface area (Å²) in [6.07, 6.45) is -3.06. The lowest BCUT2D eigenvalue weighted by Gasteiger charge is -2.15. The van der Waals surface area contributed by atoms with Crippen LogP contribution in [0.3, 0.4) is 0 Å². The predicted octanol–water partition coefficient (Wildman–Crippen LogP) is 3.76. The Bertz CT molecular complexity index is 1160. The highest BCUT2D eigenvalue weighted by Gasteiger charge is 2.42. The van der Waals surface area contributed by atoms with E-state index in [0.717, 1.165) is 17.0 Å². The first kappa shape index (κ1) is 18.7. The van der Waals surface area contributed by atoms with E-state index in [1.54, 1.807) is 12.1 Å². The maximum absolute atomic E-state index is 12.9. The lowest BCUT2D eigenvalue weighted by molar-refractivity contribution is -0.137. The van der Waals surface area contributed by atoms with Crippen molar-refractivity contribution in [2.24, 2.45) is 0 Å². The van der Waals surface area contributed by atoms with Gasteiger partial charge in [0.25, 0.3) is 11.8 Å². The van der Waals surface area contributed by atoms with Crippen LogP contribution in [0.15, 0.2) is 42.6 Å². The average molecular weight is 402 g/mol. The lowest BCUT2D eigenvalue weighted by atomic mass is 10.0. The Morgan fingerprint density at radius 2 is 1.72 bits per heavy atom. The highest BCUT2D eigenvalue weighted by molar-refractivity contribution is 6.26. The fraction of sp³-hybridized carbons (Fsp3) is 0.150. The number of halogens is 3. The van der Waals surface area contributed by atoms with E-state index in [4.69, 9.17) is 4.74 Å². The molecule has 3 aromatic rings. The second-order valence-electron chi connectivity index (χ2n) is 6.42. The van der Waals surface area contributed by atoms with Crippen LogP contribution in [-0.2, 0) is 12.7 Å². The highest BCUT2D eigenvalue weighted by atomic mass is 19.4. The molecule has 0 aliphatic carbocycles. The van der Waals surface area contributed by atoms with Crippen LogP contribution in [0.5, 0.6) is 11.5 Å². The minimum absolute atomic E-state index is 0.0950. The Balaban J connectivity index is 1.76. The number of phenols is 1. The predicted molar refractivity (Wildman–Crippen MR) is 95.6 cm³/mol. The molecule has 2 heterocycles. The number of carbonyl (C=O) groups is 2. The van der Waals surface area contributed by atoms with Crippen LogP contribution in [0, 0.1) is 0 Å². The number of nitrogens with zero attached hydrogens (tertiary/aromatic N) is 2. The summed E-state index contributed by atoms with van der Waals surface area (Å²) in [5.74, 6) is -1.81. The van der Waals surface area contributed by atoms with Gasteiger partial charge in [-0.25, -0.2) is 0 Å². The second kappa shape index (κ2) is 6.47. The van der Waals surface area contributed by atoms with Crippen molar-refractivity contribution in [3.05, 3.63) is 64.8 Å². The van der Waals surface area contributed by atoms with Crippen molar-refractivity contribution in [3.8, 4) is 11.5 Å². The van der Waals surface area contributed by atoms with Crippen molar-refractivity contribution < 1.29 is 32.6 Å². The van der Waals surface area contributed by atoms with Crippen LogP contribution in [0.4, 0.5) is 13.2 Å². The molecule has 9 heteroatoms. The number of aromatic hydroxyl groups is 1. The Morgan fingerprint density at radius 1 is 1.07 bits per heavy atom. The van der Waals surface area contributed by atoms with Crippen molar-refractivity contribution in [3.63, 3.8) is 0 Å². The molecule has 6 nitrogen and oxygen atoms in total. The van der Waals surface area contributed by atoms with Crippen LogP contribution in [-0.4, -0.2) is 33.9 Å². The monoisotopic (exact) mass is 402 g/mol. The minimum Gasteiger partial charge on any atom is -0.505 e. The van der Waals surface area contributed by atoms with Gasteiger partial charge in [0.1, 0.15) is 16.8 Å². The molecule has 1 aliphatic rings. The molecule has 2 aromatic carbocycles. The molecule has 1 aliphatic heterocycles. The van der Waals surface area contributed by atoms with Gasteiger partial charge in [0.05, 0.1) is 24.8 Å². The second-order valence-corrected chi connectivity index (χ2v) is 6.42. The number of phenolic OH excluding ortho intramolecular Hbond substituents is 1. The molecular weight excluding hydrogens is 389 g/mol. The van der Waals surface area contributed by atoms with E-state index in [9.17, 15) is 27.9 Å². The number of aromatic nitrogens is 1. The van der Waals surface area contributed by atoms with Crippen LogP contribution >= 0.6 is 0 Å². The average Bonchev–Trinajstić information content (AvgIpc) is 2.94. The third-order valence-corrected chi connectivity index (χ3v) is 4.73. The number of fused-ring (bicyclic) bond motifs is 2. The van der Waals surface area contributed by atoms with Crippen LogP contribution < -0.4 is 4.74 Å². The van der Waals surface area contributed by atoms with E-state index < -0.39 is 29.3 Å². The lowest BCUT2D eigenvalue weighted by Crippen LogP contribution is -2.29. The number of methoxy groups -OCH3 is 1. The molecule has 4 rings (SSSR count). The van der Waals surface area contributed by atoms with Gasteiger partial charge in [-0.3, -0.25) is 19.5 Å². The zero-order chi connectivity index (χ0) is 20.9. The zero-order valence-electron chi connectivity index (χ0n) is 14.9. The number of benzene rings is 2. The summed E-state index contributed by atoms with van der Waals surface area (Å²) in [6.45, 7) is -0.253. The summed E-state index contributed by atoms with van der Waals surface area (Å²) in [5.41, 5.74) is -0.720. The van der Waals surface area contributed by atoms with Crippen molar-refractivity contribution >= 4 is 22.7 Å². The maximum atomic E-state index is 12.9. The van der Waals surface area contributed by atoms with Crippen molar-refractivity contribution in [2.75, 3.05) is 7.11 Å². The molecule has 1 N–H and O–H groups in total. The first-order chi connectivity index (χ1) is 13.7. The Hall–Kier alpha value is -3.62. The molecule has 0 saturated carbocycles. The van der Waals surface area contributed by atoms with Gasteiger partial charge >= 0.3 is 6.18 Å². The topological polar surface area (TPSA) is 79.7 Å². The van der Waals surface area contributed by atoms with Gasteiger partial charge in [0.2, 0.25) is 0 Å². The molecule has 1 aromatic heterocycles. The number of imide groups is 1. The smallest absolute Gasteiger partial charge is 0.416 e. The number of ether oxygens (including phenoxy) is 1. The fourth-order valence-corrected chi connectivity index (χ4v) is 3.37. The molecule has 0 unspecified atom stereocenters. The summed E-state index contributed by atoms with van der Waals surface area (Å²) >= 11 is 0. The molecule has 29 heavy (non-hydrogen) atoms. The van der Waals surface area contributed by atoms with E-state index in [0.29, 0.717) is 10.9 Å². The van der Waals surface area contributed by atoms with E-state index in [2.05, 4.69) is 4.98 Å². The van der Waals surface area contributed by atoms with Gasteiger partial charge in [-0.15, -0.1) is 0 Å². The minimum atomic E-state index is -4.49. The molecule has 0 fully saturated rings. The molecular formula is C20H13F3N2O4. The van der Waals surface area contributed by atoms with E-state index in [1.807, 2.05) is 0 Å². The number of rotatable bonds is 3. The SMILES string of the molecule is COc1c2c(c(O)c3ncccc13)C(=O)N(Cc1ccc(C(F)(F)F)cc1)C2=O. The third kappa shape index (κ3) is 2.86. The molecule has 0 bridgehead atoms. The standard InChI is InChI=1S/C20H13F3N2O4/c1-29-17-12-3-2-8-24-15(12)16(26)13-14(17)19(28)25(18(13)27)9-10-4-6-11(7-5-10)20(21,22)23/h2-8,26H,9H2,1H3. The number of amides is 2. The van der Waals surface area contributed by atoms with Crippen molar-refractivity contribution in [1.82, 2.24) is 9.88 Å². The van der Waals surface area contributed by atoms with Crippen molar-refractivity contribution in [2.45, 2.75) is 12.7 Å². The Labute approximate surface area is 162 Å². The number of hydrogen-bond acceptors (Lipinski definition) is 5. The molecule has 0 saturated heterocycles. The molecule has 2 amide bonds. The van der Waals surface area contributed by atoms with Gasteiger partial charge in [0, 0.05) is 11.6 Å². The Kier molecular flexibility index (Phi) is 4.18. The van der Waals surface area contributed by atoms with Gasteiger partial charge in [-0.1, -0.05) is 12.1 Å². The molecule has 148 valence electrons. The highest BCUT2D eigenvalue weighted by Crippen LogP contribution is 2.43. The first-order valence-corrected chi connectivity index (χ1v) is 8.44. The summed E-state index contributed by atoms with van der Waals surface area (Å²) in [7, 11) is 1.33. The van der Waals surface area contributed by atoms with Gasteiger partial charge in [-0.05, 0) is 29.8 Å². The molecule has 0 radical (unpaired) electrons. The van der Waals surface area contributed by atoms with Crippen LogP contribution in [0.25, 0.3) is 10.9 Å². The third-order valence-electron chi connectivity index (χ3n) is 4.73. The van der Waals surface area contributed by atoms with E-state index in [1.165, 1.54) is 25.4 Å². The van der Waals surface area contributed by atoms with Crippen molar-refractivity contribution in [1.29, 1.82) is 0 Å². The van der Waals surface area contributed by atoms with Gasteiger partial charge in [-0.2, -0.15) is 13.2 Å². The van der Waals surface area contributed by atoms with Crippen LogP contribution in [0.1, 0.15) is 31.8 Å². The summed E-state index contributed by atoms with van der Waals surface area (Å²) in [4.78, 5) is 30.7. The van der Waals surface area contributed by atoms with E-state index in [-0.39, 0.29) is 28.9 Å². The first-order valence-electron chi connectivity index (χ1n) is 8.44. The Morgan fingerprint density at radius 3 is 2.34 bits per heavy atom. The number of alkyl halides is 3. The summed E-state index contributed by atoms with van der Waals surface area (Å²) in [6, 6.07) is 7.34. The normalized spacial score (nSPS) is 13.9. The number of carbonyl (C=O) groups excluding carboxylic acids is 2. The van der Waals surface area contributed by atoms with Gasteiger partial charge < -0.3 is 9.84 Å². The number of pyridine rings is 1. The number of hydrogen-bond donors (Lipinski definition) is 1. The quantitative estimate of drug-likeness (QED) is 0.675. The van der Waals surface area contributed by atoms with Gasteiger partial charge in [0.15, 0.2) is 5.75 Å². The van der Waals surface area contributed by atoms with E-state index >= 15 is 0 Å². The molecule has 0 spiro atoms. The maximum Gasteiger partial charge on any atom is 0.416 e. The largest absolute Gasteiger partial charge is 0.505 e. The fourth-order valence-electron chi connectivity index (χ4n) is 3.37.